The summed E-state index contributed by atoms with van der Waals surface area (Å²) in [7, 11) is 3.77. The smallest absolute Gasteiger partial charge is 0.317 e. The van der Waals surface area contributed by atoms with E-state index < -0.39 is 11.4 Å². The van der Waals surface area contributed by atoms with Crippen molar-refractivity contribution in [1.29, 1.82) is 0 Å². The number of amides is 2. The molecule has 7 heteroatoms. The highest BCUT2D eigenvalue weighted by Gasteiger charge is 2.35. The third kappa shape index (κ3) is 4.80. The van der Waals surface area contributed by atoms with E-state index in [1.165, 1.54) is 12.1 Å². The Bertz CT molecular complexity index is 550. The molecule has 128 valence electrons. The summed E-state index contributed by atoms with van der Waals surface area (Å²) in [6.45, 7) is 1.36. The van der Waals surface area contributed by atoms with Crippen molar-refractivity contribution < 1.29 is 14.3 Å². The third-order valence-electron chi connectivity index (χ3n) is 3.93. The van der Waals surface area contributed by atoms with Crippen LogP contribution in [0.2, 0.25) is 5.02 Å². The minimum atomic E-state index is -0.908. The summed E-state index contributed by atoms with van der Waals surface area (Å²) < 4.78 is 13.7. The SMILES string of the molecule is CN(C)C[C@@]1(O)CCCN(C(=O)NCc2c(F)cccc2Cl)C1. The number of carbonyl (C=O) groups is 1. The first-order valence-corrected chi connectivity index (χ1v) is 8.01. The van der Waals surface area contributed by atoms with E-state index in [1.807, 2.05) is 19.0 Å². The lowest BCUT2D eigenvalue weighted by Crippen LogP contribution is -2.56. The Morgan fingerprint density at radius 3 is 2.91 bits per heavy atom. The molecular weight excluding hydrogens is 321 g/mol. The number of benzene rings is 1. The largest absolute Gasteiger partial charge is 0.387 e. The Hall–Kier alpha value is -1.37. The lowest BCUT2D eigenvalue weighted by molar-refractivity contribution is -0.0347. The van der Waals surface area contributed by atoms with Gasteiger partial charge < -0.3 is 20.2 Å². The molecule has 0 aliphatic carbocycles. The van der Waals surface area contributed by atoms with Gasteiger partial charge in [-0.3, -0.25) is 0 Å². The average Bonchev–Trinajstić information content (AvgIpc) is 2.45. The molecular formula is C16H23ClFN3O2. The van der Waals surface area contributed by atoms with Crippen molar-refractivity contribution in [3.05, 3.63) is 34.6 Å². The monoisotopic (exact) mass is 343 g/mol. The second-order valence-corrected chi connectivity index (χ2v) is 6.75. The average molecular weight is 344 g/mol. The van der Waals surface area contributed by atoms with E-state index in [1.54, 1.807) is 11.0 Å². The number of aliphatic hydroxyl groups is 1. The highest BCUT2D eigenvalue weighted by molar-refractivity contribution is 6.31. The first kappa shape index (κ1) is 18.0. The third-order valence-corrected chi connectivity index (χ3v) is 4.29. The van der Waals surface area contributed by atoms with Gasteiger partial charge in [-0.05, 0) is 39.1 Å². The molecule has 1 fully saturated rings. The van der Waals surface area contributed by atoms with Gasteiger partial charge in [0.05, 0.1) is 12.1 Å². The van der Waals surface area contributed by atoms with E-state index in [9.17, 15) is 14.3 Å². The van der Waals surface area contributed by atoms with Crippen LogP contribution in [-0.2, 0) is 6.54 Å². The molecule has 1 aromatic rings. The van der Waals surface area contributed by atoms with Crippen molar-refractivity contribution in [1.82, 2.24) is 15.1 Å². The first-order valence-electron chi connectivity index (χ1n) is 7.63. The minimum absolute atomic E-state index is 0.0208. The van der Waals surface area contributed by atoms with Gasteiger partial charge >= 0.3 is 6.03 Å². The lowest BCUT2D eigenvalue weighted by atomic mass is 9.92. The molecule has 1 saturated heterocycles. The van der Waals surface area contributed by atoms with Crippen LogP contribution in [0.3, 0.4) is 0 Å². The Kier molecular flexibility index (Phi) is 5.84. The highest BCUT2D eigenvalue weighted by atomic mass is 35.5. The van der Waals surface area contributed by atoms with Gasteiger partial charge in [-0.2, -0.15) is 0 Å². The van der Waals surface area contributed by atoms with E-state index >= 15 is 0 Å². The molecule has 2 rings (SSSR count). The molecule has 1 aromatic carbocycles. The van der Waals surface area contributed by atoms with Crippen LogP contribution in [-0.4, -0.2) is 60.3 Å². The minimum Gasteiger partial charge on any atom is -0.387 e. The zero-order valence-electron chi connectivity index (χ0n) is 13.5. The first-order chi connectivity index (χ1) is 10.8. The van der Waals surface area contributed by atoms with Gasteiger partial charge in [0, 0.05) is 30.2 Å². The van der Waals surface area contributed by atoms with Gasteiger partial charge in [0.2, 0.25) is 0 Å². The summed E-state index contributed by atoms with van der Waals surface area (Å²) in [5.41, 5.74) is -0.641. The van der Waals surface area contributed by atoms with Crippen molar-refractivity contribution in [3.8, 4) is 0 Å². The fraction of sp³-hybridized carbons (Fsp3) is 0.562. The fourth-order valence-corrected chi connectivity index (χ4v) is 3.21. The van der Waals surface area contributed by atoms with Gasteiger partial charge in [0.15, 0.2) is 0 Å². The molecule has 0 radical (unpaired) electrons. The Labute approximate surface area is 141 Å². The maximum Gasteiger partial charge on any atom is 0.317 e. The van der Waals surface area contributed by atoms with E-state index in [0.29, 0.717) is 19.5 Å². The summed E-state index contributed by atoms with van der Waals surface area (Å²) in [5.74, 6) is -0.444. The molecule has 2 amide bonds. The number of nitrogens with zero attached hydrogens (tertiary/aromatic N) is 2. The van der Waals surface area contributed by atoms with Crippen LogP contribution in [0.15, 0.2) is 18.2 Å². The maximum atomic E-state index is 13.7. The van der Waals surface area contributed by atoms with E-state index in [2.05, 4.69) is 5.32 Å². The number of hydrogen-bond acceptors (Lipinski definition) is 3. The number of carbonyl (C=O) groups excluding carboxylic acids is 1. The number of β-amino-alcohol motifs (C(OH)–C–C–N with tert-alkyl or cyclic N) is 1. The number of rotatable bonds is 4. The molecule has 0 bridgehead atoms. The Morgan fingerprint density at radius 1 is 1.52 bits per heavy atom. The van der Waals surface area contributed by atoms with Crippen molar-refractivity contribution in [2.45, 2.75) is 25.0 Å². The molecule has 1 atom stereocenters. The van der Waals surface area contributed by atoms with Crippen molar-refractivity contribution in [2.75, 3.05) is 33.7 Å². The molecule has 0 unspecified atom stereocenters. The predicted molar refractivity (Wildman–Crippen MR) is 88.0 cm³/mol. The standard InChI is InChI=1S/C16H23ClFN3O2/c1-20(2)10-16(23)7-4-8-21(11-16)15(22)19-9-12-13(17)5-3-6-14(12)18/h3,5-6,23H,4,7-11H2,1-2H3,(H,19,22)/t16-/m0/s1. The van der Waals surface area contributed by atoms with Crippen molar-refractivity contribution in [3.63, 3.8) is 0 Å². The summed E-state index contributed by atoms with van der Waals surface area (Å²) in [4.78, 5) is 15.8. The summed E-state index contributed by atoms with van der Waals surface area (Å²) in [6, 6.07) is 4.10. The van der Waals surface area contributed by atoms with Crippen LogP contribution in [0.4, 0.5) is 9.18 Å². The maximum absolute atomic E-state index is 13.7. The number of likely N-dealkylation sites (N-methyl/N-ethyl adjacent to an activating group) is 1. The molecule has 0 saturated carbocycles. The van der Waals surface area contributed by atoms with Crippen LogP contribution >= 0.6 is 11.6 Å². The van der Waals surface area contributed by atoms with Crippen LogP contribution in [0.25, 0.3) is 0 Å². The molecule has 1 aliphatic rings. The number of piperidine rings is 1. The van der Waals surface area contributed by atoms with Crippen LogP contribution < -0.4 is 5.32 Å². The van der Waals surface area contributed by atoms with Crippen molar-refractivity contribution >= 4 is 17.6 Å². The second kappa shape index (κ2) is 7.47. The molecule has 23 heavy (non-hydrogen) atoms. The van der Waals surface area contributed by atoms with Crippen LogP contribution in [0.1, 0.15) is 18.4 Å². The number of halogens is 2. The van der Waals surface area contributed by atoms with Crippen LogP contribution in [0.5, 0.6) is 0 Å². The number of nitrogens with one attached hydrogen (secondary N) is 1. The zero-order chi connectivity index (χ0) is 17.0. The number of urea groups is 1. The van der Waals surface area contributed by atoms with Gasteiger partial charge in [-0.25, -0.2) is 9.18 Å². The second-order valence-electron chi connectivity index (χ2n) is 6.35. The summed E-state index contributed by atoms with van der Waals surface area (Å²) in [5, 5.41) is 13.6. The Balaban J connectivity index is 1.95. The van der Waals surface area contributed by atoms with Crippen molar-refractivity contribution in [2.24, 2.45) is 0 Å². The summed E-state index contributed by atoms with van der Waals surface area (Å²) in [6.07, 6.45) is 1.40. The van der Waals surface area contributed by atoms with Gasteiger partial charge in [-0.1, -0.05) is 17.7 Å². The number of hydrogen-bond donors (Lipinski definition) is 2. The highest BCUT2D eigenvalue weighted by Crippen LogP contribution is 2.22. The van der Waals surface area contributed by atoms with E-state index in [0.717, 1.165) is 6.42 Å². The molecule has 1 heterocycles. The van der Waals surface area contributed by atoms with Gasteiger partial charge in [0.1, 0.15) is 5.82 Å². The molecule has 0 spiro atoms. The molecule has 1 aliphatic heterocycles. The van der Waals surface area contributed by atoms with E-state index in [-0.39, 0.29) is 29.7 Å². The van der Waals surface area contributed by atoms with Gasteiger partial charge in [-0.15, -0.1) is 0 Å². The lowest BCUT2D eigenvalue weighted by Gasteiger charge is -2.40. The predicted octanol–water partition coefficient (Wildman–Crippen LogP) is 2.08. The quantitative estimate of drug-likeness (QED) is 0.880. The number of likely N-dealkylation sites (tertiary alicyclic amines) is 1. The molecule has 0 aromatic heterocycles. The summed E-state index contributed by atoms with van der Waals surface area (Å²) >= 11 is 5.95. The normalized spacial score (nSPS) is 21.6. The topological polar surface area (TPSA) is 55.8 Å². The van der Waals surface area contributed by atoms with Crippen LogP contribution in [0, 0.1) is 5.82 Å². The molecule has 2 N–H and O–H groups in total. The Morgan fingerprint density at radius 2 is 2.26 bits per heavy atom. The zero-order valence-corrected chi connectivity index (χ0v) is 14.2. The van der Waals surface area contributed by atoms with Gasteiger partial charge in [0.25, 0.3) is 0 Å². The fourth-order valence-electron chi connectivity index (χ4n) is 2.98. The molecule has 5 nitrogen and oxygen atoms in total. The van der Waals surface area contributed by atoms with E-state index in [4.69, 9.17) is 11.6 Å².